The molecule has 0 saturated heterocycles. The zero-order valence-corrected chi connectivity index (χ0v) is 23.1. The highest BCUT2D eigenvalue weighted by Crippen LogP contribution is 2.26. The van der Waals surface area contributed by atoms with Crippen LogP contribution in [-0.4, -0.2) is 36.0 Å². The second kappa shape index (κ2) is 12.8. The van der Waals surface area contributed by atoms with Crippen molar-refractivity contribution in [1.29, 1.82) is 0 Å². The van der Waals surface area contributed by atoms with Gasteiger partial charge in [-0.1, -0.05) is 37.6 Å². The Bertz CT molecular complexity index is 1570. The third-order valence-corrected chi connectivity index (χ3v) is 6.59. The molecule has 40 heavy (non-hydrogen) atoms. The van der Waals surface area contributed by atoms with Gasteiger partial charge >= 0.3 is 0 Å². The van der Waals surface area contributed by atoms with Gasteiger partial charge in [0.1, 0.15) is 11.5 Å². The molecule has 3 amide bonds. The summed E-state index contributed by atoms with van der Waals surface area (Å²) in [7, 11) is 1.57. The van der Waals surface area contributed by atoms with Gasteiger partial charge in [-0.2, -0.15) is 0 Å². The number of ether oxygens (including phenoxy) is 1. The van der Waals surface area contributed by atoms with Crippen molar-refractivity contribution in [3.8, 4) is 0 Å². The van der Waals surface area contributed by atoms with Crippen LogP contribution in [0.3, 0.4) is 0 Å². The van der Waals surface area contributed by atoms with Gasteiger partial charge in [-0.05, 0) is 60.2 Å². The van der Waals surface area contributed by atoms with Crippen molar-refractivity contribution in [1.82, 2.24) is 9.88 Å². The summed E-state index contributed by atoms with van der Waals surface area (Å²) in [6, 6.07) is 17.7. The van der Waals surface area contributed by atoms with Gasteiger partial charge < -0.3 is 25.3 Å². The smallest absolute Gasteiger partial charge is 0.272 e. The highest BCUT2D eigenvalue weighted by molar-refractivity contribution is 6.34. The number of halogens is 2. The average Bonchev–Trinajstić information content (AvgIpc) is 3.28. The highest BCUT2D eigenvalue weighted by Gasteiger charge is 2.18. The summed E-state index contributed by atoms with van der Waals surface area (Å²) in [6.07, 6.45) is 0. The van der Waals surface area contributed by atoms with E-state index in [4.69, 9.17) is 16.3 Å². The Hall–Kier alpha value is -4.21. The zero-order valence-electron chi connectivity index (χ0n) is 22.4. The molecule has 0 bridgehead atoms. The fourth-order valence-electron chi connectivity index (χ4n) is 4.17. The summed E-state index contributed by atoms with van der Waals surface area (Å²) in [5, 5.41) is 9.41. The summed E-state index contributed by atoms with van der Waals surface area (Å²) >= 11 is 6.32. The second-order valence-electron chi connectivity index (χ2n) is 9.55. The van der Waals surface area contributed by atoms with Crippen molar-refractivity contribution < 1.29 is 23.5 Å². The van der Waals surface area contributed by atoms with Crippen LogP contribution >= 0.6 is 11.6 Å². The SMILES string of the molecule is COCCn1c(C(=O)Nc2cccc(F)c2)cc2cc(NC(=O)c3cc(CNC(=O)C(C)C)ccc3Cl)ccc21. The fraction of sp³-hybridized carbons (Fsp3) is 0.233. The number of hydrogen-bond donors (Lipinski definition) is 3. The Morgan fingerprint density at radius 3 is 2.42 bits per heavy atom. The van der Waals surface area contributed by atoms with Gasteiger partial charge in [0.15, 0.2) is 0 Å². The fourth-order valence-corrected chi connectivity index (χ4v) is 4.37. The lowest BCUT2D eigenvalue weighted by molar-refractivity contribution is -0.124. The number of benzene rings is 3. The average molecular weight is 565 g/mol. The van der Waals surface area contributed by atoms with E-state index in [1.807, 2.05) is 4.57 Å². The van der Waals surface area contributed by atoms with E-state index in [1.54, 1.807) is 69.5 Å². The maximum absolute atomic E-state index is 13.6. The molecule has 0 aliphatic carbocycles. The molecule has 3 aromatic carbocycles. The molecule has 0 unspecified atom stereocenters. The van der Waals surface area contributed by atoms with Crippen LogP contribution in [-0.2, 0) is 22.6 Å². The molecule has 4 aromatic rings. The number of carbonyl (C=O) groups is 3. The number of amides is 3. The van der Waals surface area contributed by atoms with E-state index in [1.165, 1.54) is 18.2 Å². The van der Waals surface area contributed by atoms with Crippen molar-refractivity contribution in [2.24, 2.45) is 5.92 Å². The maximum atomic E-state index is 13.6. The lowest BCUT2D eigenvalue weighted by Gasteiger charge is -2.12. The number of fused-ring (bicyclic) bond motifs is 1. The Morgan fingerprint density at radius 1 is 0.950 bits per heavy atom. The van der Waals surface area contributed by atoms with E-state index < -0.39 is 17.6 Å². The molecule has 10 heteroatoms. The van der Waals surface area contributed by atoms with Gasteiger partial charge in [0.25, 0.3) is 11.8 Å². The molecule has 208 valence electrons. The Morgan fingerprint density at radius 2 is 1.70 bits per heavy atom. The lowest BCUT2D eigenvalue weighted by Crippen LogP contribution is -2.27. The molecule has 0 fully saturated rings. The number of aromatic nitrogens is 1. The predicted octanol–water partition coefficient (Wildman–Crippen LogP) is 5.86. The zero-order chi connectivity index (χ0) is 28.8. The van der Waals surface area contributed by atoms with E-state index >= 15 is 0 Å². The molecule has 0 radical (unpaired) electrons. The van der Waals surface area contributed by atoms with Crippen molar-refractivity contribution in [3.05, 3.63) is 94.4 Å². The second-order valence-corrected chi connectivity index (χ2v) is 9.96. The van der Waals surface area contributed by atoms with Crippen molar-refractivity contribution in [3.63, 3.8) is 0 Å². The summed E-state index contributed by atoms with van der Waals surface area (Å²) in [6.45, 7) is 4.66. The maximum Gasteiger partial charge on any atom is 0.272 e. The van der Waals surface area contributed by atoms with E-state index in [9.17, 15) is 18.8 Å². The largest absolute Gasteiger partial charge is 0.383 e. The minimum Gasteiger partial charge on any atom is -0.383 e. The van der Waals surface area contributed by atoms with E-state index in [0.29, 0.717) is 30.2 Å². The van der Waals surface area contributed by atoms with Crippen LogP contribution in [0.5, 0.6) is 0 Å². The molecule has 8 nitrogen and oxygen atoms in total. The van der Waals surface area contributed by atoms with Crippen LogP contribution in [0, 0.1) is 11.7 Å². The van der Waals surface area contributed by atoms with Crippen molar-refractivity contribution >= 4 is 51.6 Å². The van der Waals surface area contributed by atoms with Gasteiger partial charge in [0, 0.05) is 48.4 Å². The van der Waals surface area contributed by atoms with Crippen molar-refractivity contribution in [2.75, 3.05) is 24.4 Å². The number of anilines is 2. The Labute approximate surface area is 236 Å². The van der Waals surface area contributed by atoms with Gasteiger partial charge in [0.2, 0.25) is 5.91 Å². The first-order valence-electron chi connectivity index (χ1n) is 12.7. The summed E-state index contributed by atoms with van der Waals surface area (Å²) in [5.41, 5.74) is 2.98. The van der Waals surface area contributed by atoms with Gasteiger partial charge in [0.05, 0.1) is 17.2 Å². The summed E-state index contributed by atoms with van der Waals surface area (Å²) in [5.74, 6) is -1.51. The Balaban J connectivity index is 1.57. The van der Waals surface area contributed by atoms with Crippen LogP contribution < -0.4 is 16.0 Å². The van der Waals surface area contributed by atoms with E-state index in [-0.39, 0.29) is 29.0 Å². The van der Waals surface area contributed by atoms with E-state index in [0.717, 1.165) is 16.5 Å². The minimum absolute atomic E-state index is 0.0873. The third kappa shape index (κ3) is 6.86. The highest BCUT2D eigenvalue weighted by atomic mass is 35.5. The molecule has 0 atom stereocenters. The number of nitrogens with one attached hydrogen (secondary N) is 3. The topological polar surface area (TPSA) is 101 Å². The monoisotopic (exact) mass is 564 g/mol. The van der Waals surface area contributed by atoms with Gasteiger partial charge in [-0.15, -0.1) is 0 Å². The molecule has 1 heterocycles. The molecule has 0 aliphatic rings. The molecule has 1 aromatic heterocycles. The van der Waals surface area contributed by atoms with Crippen LogP contribution in [0.2, 0.25) is 5.02 Å². The van der Waals surface area contributed by atoms with Crippen LogP contribution in [0.15, 0.2) is 66.7 Å². The molecule has 0 saturated carbocycles. The standard InChI is InChI=1S/C30H30ClFN4O4/c1-18(2)28(37)33-17-19-7-9-25(31)24(13-19)29(38)34-23-8-10-26-20(14-23)15-27(36(26)11-12-40-3)30(39)35-22-6-4-5-21(32)16-22/h4-10,13-16,18H,11-12,17H2,1-3H3,(H,33,37)(H,34,38)(H,35,39). The number of hydrogen-bond acceptors (Lipinski definition) is 4. The first kappa shape index (κ1) is 28.8. The first-order chi connectivity index (χ1) is 19.2. The van der Waals surface area contributed by atoms with Crippen LogP contribution in [0.4, 0.5) is 15.8 Å². The predicted molar refractivity (Wildman–Crippen MR) is 154 cm³/mol. The van der Waals surface area contributed by atoms with Crippen LogP contribution in [0.1, 0.15) is 40.3 Å². The number of methoxy groups -OCH3 is 1. The number of nitrogens with zero attached hydrogens (tertiary/aromatic N) is 1. The Kier molecular flexibility index (Phi) is 9.19. The quantitative estimate of drug-likeness (QED) is 0.225. The lowest BCUT2D eigenvalue weighted by atomic mass is 10.1. The normalized spacial score (nSPS) is 11.1. The number of carbonyl (C=O) groups excluding carboxylic acids is 3. The minimum atomic E-state index is -0.455. The van der Waals surface area contributed by atoms with Gasteiger partial charge in [-0.3, -0.25) is 14.4 Å². The molecule has 0 aliphatic heterocycles. The third-order valence-electron chi connectivity index (χ3n) is 6.26. The molecule has 3 N–H and O–H groups in total. The van der Waals surface area contributed by atoms with Gasteiger partial charge in [-0.25, -0.2) is 4.39 Å². The summed E-state index contributed by atoms with van der Waals surface area (Å²) in [4.78, 5) is 38.2. The molecule has 4 rings (SSSR count). The van der Waals surface area contributed by atoms with Crippen LogP contribution in [0.25, 0.3) is 10.9 Å². The van der Waals surface area contributed by atoms with E-state index in [2.05, 4.69) is 16.0 Å². The van der Waals surface area contributed by atoms with Crippen molar-refractivity contribution in [2.45, 2.75) is 26.9 Å². The molecule has 0 spiro atoms. The molecular weight excluding hydrogens is 535 g/mol. The first-order valence-corrected chi connectivity index (χ1v) is 13.1. The number of rotatable bonds is 10. The molecular formula is C30H30ClFN4O4. The summed E-state index contributed by atoms with van der Waals surface area (Å²) < 4.78 is 20.7.